The summed E-state index contributed by atoms with van der Waals surface area (Å²) in [7, 11) is 0. The fraction of sp³-hybridized carbons (Fsp3) is 0.923. The zero-order valence-electron chi connectivity index (χ0n) is 10.4. The van der Waals surface area contributed by atoms with Gasteiger partial charge in [0, 0.05) is 12.5 Å². The average Bonchev–Trinajstić information content (AvgIpc) is 2.44. The molecule has 0 aromatic rings. The Balaban J connectivity index is 2.03. The van der Waals surface area contributed by atoms with Gasteiger partial charge in [0.2, 0.25) is 5.91 Å². The Morgan fingerprint density at radius 1 is 1.33 bits per heavy atom. The molecule has 1 rings (SSSR count). The summed E-state index contributed by atoms with van der Waals surface area (Å²) in [5, 5.41) is 3.06. The first-order chi connectivity index (χ1) is 7.09. The molecular formula is C13H25NO. The fourth-order valence-electron chi connectivity index (χ4n) is 2.29. The molecule has 0 aromatic carbocycles. The van der Waals surface area contributed by atoms with Crippen LogP contribution in [0.25, 0.3) is 0 Å². The lowest BCUT2D eigenvalue weighted by molar-refractivity contribution is -0.119. The third kappa shape index (κ3) is 4.67. The molecule has 0 bridgehead atoms. The number of rotatable bonds is 6. The molecule has 0 aliphatic carbocycles. The van der Waals surface area contributed by atoms with Gasteiger partial charge in [0.05, 0.1) is 0 Å². The van der Waals surface area contributed by atoms with Crippen LogP contribution in [0.2, 0.25) is 0 Å². The summed E-state index contributed by atoms with van der Waals surface area (Å²) in [6, 6.07) is 0.455. The van der Waals surface area contributed by atoms with Crippen molar-refractivity contribution in [3.63, 3.8) is 0 Å². The van der Waals surface area contributed by atoms with Crippen molar-refractivity contribution < 1.29 is 4.79 Å². The molecule has 0 spiro atoms. The number of hydrogen-bond donors (Lipinski definition) is 1. The highest BCUT2D eigenvalue weighted by atomic mass is 16.1. The first-order valence-electron chi connectivity index (χ1n) is 6.39. The maximum atomic E-state index is 11.1. The maximum absolute atomic E-state index is 11.1. The van der Waals surface area contributed by atoms with E-state index in [9.17, 15) is 4.79 Å². The minimum Gasteiger partial charge on any atom is -0.353 e. The number of unbranched alkanes of at least 4 members (excludes halogenated alkanes) is 2. The molecule has 1 fully saturated rings. The van der Waals surface area contributed by atoms with E-state index in [1.165, 1.54) is 32.1 Å². The van der Waals surface area contributed by atoms with Crippen molar-refractivity contribution in [2.75, 3.05) is 0 Å². The van der Waals surface area contributed by atoms with Crippen molar-refractivity contribution in [3.05, 3.63) is 0 Å². The monoisotopic (exact) mass is 211 g/mol. The van der Waals surface area contributed by atoms with Gasteiger partial charge < -0.3 is 5.32 Å². The Morgan fingerprint density at radius 3 is 2.60 bits per heavy atom. The second-order valence-corrected chi connectivity index (χ2v) is 5.39. The number of carbonyl (C=O) groups is 1. The summed E-state index contributed by atoms with van der Waals surface area (Å²) in [5.74, 6) is 1.62. The smallest absolute Gasteiger partial charge is 0.220 e. The van der Waals surface area contributed by atoms with Gasteiger partial charge in [0.1, 0.15) is 0 Å². The Morgan fingerprint density at radius 2 is 2.07 bits per heavy atom. The molecule has 0 saturated carbocycles. The van der Waals surface area contributed by atoms with E-state index in [2.05, 4.69) is 26.1 Å². The molecule has 1 heterocycles. The fourth-order valence-corrected chi connectivity index (χ4v) is 2.29. The highest BCUT2D eigenvalue weighted by Crippen LogP contribution is 2.21. The minimum atomic E-state index is 0.245. The molecule has 0 unspecified atom stereocenters. The topological polar surface area (TPSA) is 29.1 Å². The summed E-state index contributed by atoms with van der Waals surface area (Å²) in [6.45, 7) is 6.73. The number of amides is 1. The molecule has 1 aliphatic heterocycles. The third-order valence-corrected chi connectivity index (χ3v) is 3.34. The van der Waals surface area contributed by atoms with Crippen molar-refractivity contribution in [2.24, 2.45) is 11.8 Å². The van der Waals surface area contributed by atoms with Crippen LogP contribution in [0.5, 0.6) is 0 Å². The number of carbonyl (C=O) groups excluding carboxylic acids is 1. The average molecular weight is 211 g/mol. The minimum absolute atomic E-state index is 0.245. The van der Waals surface area contributed by atoms with Gasteiger partial charge in [0.15, 0.2) is 0 Å². The van der Waals surface area contributed by atoms with Crippen LogP contribution in [0.1, 0.15) is 59.3 Å². The van der Waals surface area contributed by atoms with Crippen LogP contribution < -0.4 is 5.32 Å². The quantitative estimate of drug-likeness (QED) is 0.672. The molecule has 1 aliphatic rings. The first kappa shape index (κ1) is 12.5. The van der Waals surface area contributed by atoms with Gasteiger partial charge in [-0.05, 0) is 18.3 Å². The van der Waals surface area contributed by atoms with Gasteiger partial charge in [0.25, 0.3) is 0 Å². The largest absolute Gasteiger partial charge is 0.353 e. The molecule has 1 amide bonds. The van der Waals surface area contributed by atoms with Gasteiger partial charge >= 0.3 is 0 Å². The maximum Gasteiger partial charge on any atom is 0.220 e. The van der Waals surface area contributed by atoms with E-state index in [4.69, 9.17) is 0 Å². The van der Waals surface area contributed by atoms with Crippen molar-refractivity contribution in [1.82, 2.24) is 5.32 Å². The van der Waals surface area contributed by atoms with Crippen molar-refractivity contribution in [3.8, 4) is 0 Å². The zero-order chi connectivity index (χ0) is 11.3. The number of hydrogen-bond acceptors (Lipinski definition) is 1. The van der Waals surface area contributed by atoms with E-state index in [-0.39, 0.29) is 5.91 Å². The van der Waals surface area contributed by atoms with Gasteiger partial charge in [-0.25, -0.2) is 0 Å². The van der Waals surface area contributed by atoms with Crippen molar-refractivity contribution in [1.29, 1.82) is 0 Å². The molecule has 2 atom stereocenters. The standard InChI is InChI=1S/C13H25NO/c1-10(2)7-5-4-6-8-12-11(3)9-13(15)14-12/h10-12H,4-9H2,1-3H3,(H,14,15)/t11-,12-/m1/s1. The Hall–Kier alpha value is -0.530. The molecule has 1 N–H and O–H groups in total. The second kappa shape index (κ2) is 6.14. The normalized spacial score (nSPS) is 26.0. The van der Waals surface area contributed by atoms with Crippen molar-refractivity contribution >= 4 is 5.91 Å². The molecule has 1 saturated heterocycles. The van der Waals surface area contributed by atoms with Crippen LogP contribution in [-0.2, 0) is 4.79 Å². The van der Waals surface area contributed by atoms with Gasteiger partial charge in [-0.1, -0.05) is 46.5 Å². The summed E-state index contributed by atoms with van der Waals surface area (Å²) >= 11 is 0. The van der Waals surface area contributed by atoms with Crippen LogP contribution in [-0.4, -0.2) is 11.9 Å². The van der Waals surface area contributed by atoms with E-state index in [1.807, 2.05) is 0 Å². The number of nitrogens with one attached hydrogen (secondary N) is 1. The van der Waals surface area contributed by atoms with Crippen LogP contribution in [0.4, 0.5) is 0 Å². The molecule has 15 heavy (non-hydrogen) atoms. The van der Waals surface area contributed by atoms with Gasteiger partial charge in [-0.15, -0.1) is 0 Å². The SMILES string of the molecule is CC(C)CCCCC[C@H]1NC(=O)C[C@H]1C. The molecule has 2 nitrogen and oxygen atoms in total. The molecule has 0 aromatic heterocycles. The second-order valence-electron chi connectivity index (χ2n) is 5.39. The van der Waals surface area contributed by atoms with E-state index in [0.29, 0.717) is 12.0 Å². The lowest BCUT2D eigenvalue weighted by Gasteiger charge is -2.14. The molecule has 2 heteroatoms. The molecule has 0 radical (unpaired) electrons. The van der Waals surface area contributed by atoms with E-state index < -0.39 is 0 Å². The third-order valence-electron chi connectivity index (χ3n) is 3.34. The predicted molar refractivity (Wildman–Crippen MR) is 63.6 cm³/mol. The molecule has 88 valence electrons. The van der Waals surface area contributed by atoms with Crippen LogP contribution in [0, 0.1) is 11.8 Å². The van der Waals surface area contributed by atoms with Crippen LogP contribution in [0.3, 0.4) is 0 Å². The summed E-state index contributed by atoms with van der Waals surface area (Å²) in [5.41, 5.74) is 0. The summed E-state index contributed by atoms with van der Waals surface area (Å²) in [6.07, 6.45) is 7.17. The van der Waals surface area contributed by atoms with Crippen LogP contribution >= 0.6 is 0 Å². The zero-order valence-corrected chi connectivity index (χ0v) is 10.4. The lowest BCUT2D eigenvalue weighted by atomic mass is 9.96. The molecular weight excluding hydrogens is 186 g/mol. The highest BCUT2D eigenvalue weighted by molar-refractivity contribution is 5.78. The Bertz CT molecular complexity index is 201. The Labute approximate surface area is 93.8 Å². The van der Waals surface area contributed by atoms with E-state index in [0.717, 1.165) is 12.3 Å². The lowest BCUT2D eigenvalue weighted by Crippen LogP contribution is -2.27. The van der Waals surface area contributed by atoms with Gasteiger partial charge in [-0.2, -0.15) is 0 Å². The summed E-state index contributed by atoms with van der Waals surface area (Å²) in [4.78, 5) is 11.1. The van der Waals surface area contributed by atoms with E-state index >= 15 is 0 Å². The van der Waals surface area contributed by atoms with Crippen molar-refractivity contribution in [2.45, 2.75) is 65.3 Å². The summed E-state index contributed by atoms with van der Waals surface area (Å²) < 4.78 is 0. The van der Waals surface area contributed by atoms with Gasteiger partial charge in [-0.3, -0.25) is 4.79 Å². The highest BCUT2D eigenvalue weighted by Gasteiger charge is 2.27. The van der Waals surface area contributed by atoms with Crippen LogP contribution in [0.15, 0.2) is 0 Å². The first-order valence-corrected chi connectivity index (χ1v) is 6.39. The Kier molecular flexibility index (Phi) is 5.13. The predicted octanol–water partition coefficient (Wildman–Crippen LogP) is 3.12. The van der Waals surface area contributed by atoms with E-state index in [1.54, 1.807) is 0 Å².